The highest BCUT2D eigenvalue weighted by molar-refractivity contribution is 8.00. The summed E-state index contributed by atoms with van der Waals surface area (Å²) in [5.74, 6) is -0.595. The van der Waals surface area contributed by atoms with Crippen LogP contribution in [0.15, 0.2) is 29.4 Å². The van der Waals surface area contributed by atoms with Crippen LogP contribution in [0.25, 0.3) is 11.4 Å². The summed E-state index contributed by atoms with van der Waals surface area (Å²) in [6.45, 7) is 3.80. The van der Waals surface area contributed by atoms with Crippen molar-refractivity contribution in [1.82, 2.24) is 25.8 Å². The summed E-state index contributed by atoms with van der Waals surface area (Å²) in [4.78, 5) is 27.3. The Morgan fingerprint density at radius 3 is 2.83 bits per heavy atom. The Morgan fingerprint density at radius 2 is 2.13 bits per heavy atom. The number of hydrogen-bond donors (Lipinski definition) is 3. The first-order valence-corrected chi connectivity index (χ1v) is 7.82. The van der Waals surface area contributed by atoms with Gasteiger partial charge in [-0.2, -0.15) is 0 Å². The molecule has 23 heavy (non-hydrogen) atoms. The molecule has 1 atom stereocenters. The quantitative estimate of drug-likeness (QED) is 0.724. The van der Waals surface area contributed by atoms with Crippen LogP contribution >= 0.6 is 11.8 Å². The van der Waals surface area contributed by atoms with E-state index in [-0.39, 0.29) is 5.82 Å². The molecule has 3 N–H and O–H groups in total. The summed E-state index contributed by atoms with van der Waals surface area (Å²) >= 11 is 1.07. The molecular formula is C14H16FN5O2S. The van der Waals surface area contributed by atoms with Gasteiger partial charge in [0.1, 0.15) is 5.82 Å². The predicted octanol–water partition coefficient (Wildman–Crippen LogP) is 1.94. The summed E-state index contributed by atoms with van der Waals surface area (Å²) in [5.41, 5.74) is 0.297. The largest absolute Gasteiger partial charge is 0.338 e. The number of hydrogen-bond acceptors (Lipinski definition) is 5. The number of carbonyl (C=O) groups excluding carboxylic acids is 2. The number of amides is 3. The van der Waals surface area contributed by atoms with E-state index in [2.05, 4.69) is 25.8 Å². The number of benzene rings is 1. The second kappa shape index (κ2) is 7.73. The minimum atomic E-state index is -0.582. The number of nitrogens with one attached hydrogen (secondary N) is 3. The molecule has 0 unspecified atom stereocenters. The predicted molar refractivity (Wildman–Crippen MR) is 84.3 cm³/mol. The van der Waals surface area contributed by atoms with Gasteiger partial charge >= 0.3 is 6.03 Å². The van der Waals surface area contributed by atoms with Crippen LogP contribution in [0.4, 0.5) is 9.18 Å². The highest BCUT2D eigenvalue weighted by Gasteiger charge is 2.19. The molecule has 0 bridgehead atoms. The molecule has 2 aromatic rings. The Labute approximate surface area is 136 Å². The van der Waals surface area contributed by atoms with Gasteiger partial charge in [0.2, 0.25) is 11.1 Å². The zero-order chi connectivity index (χ0) is 16.8. The van der Waals surface area contributed by atoms with Gasteiger partial charge in [0.15, 0.2) is 5.82 Å². The van der Waals surface area contributed by atoms with Crippen LogP contribution in [0.1, 0.15) is 13.8 Å². The third-order valence-electron chi connectivity index (χ3n) is 2.82. The monoisotopic (exact) mass is 337 g/mol. The zero-order valence-electron chi connectivity index (χ0n) is 12.6. The molecule has 122 valence electrons. The standard InChI is InChI=1S/C14H16FN5O2S/c1-3-16-13(22)18-12(21)8(2)23-14-17-11(19-20-14)9-6-4-5-7-10(9)15/h4-8H,3H2,1-2H3,(H,17,19,20)(H2,16,18,21,22)/t8-/m0/s1. The normalized spacial score (nSPS) is 11.8. The number of halogens is 1. The third kappa shape index (κ3) is 4.52. The van der Waals surface area contributed by atoms with E-state index in [1.165, 1.54) is 6.07 Å². The molecule has 3 amide bonds. The van der Waals surface area contributed by atoms with Crippen molar-refractivity contribution in [3.63, 3.8) is 0 Å². The first-order chi connectivity index (χ1) is 11.0. The number of nitrogens with zero attached hydrogens (tertiary/aromatic N) is 2. The Bertz CT molecular complexity index is 706. The fourth-order valence-electron chi connectivity index (χ4n) is 1.70. The molecule has 1 aromatic carbocycles. The summed E-state index contributed by atoms with van der Waals surface area (Å²) < 4.78 is 13.7. The molecule has 1 heterocycles. The highest BCUT2D eigenvalue weighted by atomic mass is 32.2. The van der Waals surface area contributed by atoms with Crippen molar-refractivity contribution in [2.45, 2.75) is 24.3 Å². The Hall–Kier alpha value is -2.42. The maximum absolute atomic E-state index is 13.7. The van der Waals surface area contributed by atoms with Crippen molar-refractivity contribution in [3.05, 3.63) is 30.1 Å². The SMILES string of the molecule is CCNC(=O)NC(=O)[C@H](C)Sc1n[nH]c(-c2ccccc2F)n1. The summed E-state index contributed by atoms with van der Waals surface area (Å²) in [5, 5.41) is 11.0. The van der Waals surface area contributed by atoms with E-state index in [0.29, 0.717) is 17.3 Å². The number of thioether (sulfide) groups is 1. The molecule has 1 aromatic heterocycles. The lowest BCUT2D eigenvalue weighted by molar-refractivity contribution is -0.119. The number of aromatic amines is 1. The number of H-pyrrole nitrogens is 1. The van der Waals surface area contributed by atoms with Crippen molar-refractivity contribution in [2.24, 2.45) is 0 Å². The topological polar surface area (TPSA) is 99.8 Å². The van der Waals surface area contributed by atoms with Gasteiger partial charge in [0, 0.05) is 6.54 Å². The van der Waals surface area contributed by atoms with Crippen molar-refractivity contribution >= 4 is 23.7 Å². The van der Waals surface area contributed by atoms with Crippen molar-refractivity contribution in [2.75, 3.05) is 6.54 Å². The average Bonchev–Trinajstić information content (AvgIpc) is 2.96. The first kappa shape index (κ1) is 16.9. The van der Waals surface area contributed by atoms with Crippen LogP contribution < -0.4 is 10.6 Å². The Kier molecular flexibility index (Phi) is 5.69. The Morgan fingerprint density at radius 1 is 1.39 bits per heavy atom. The maximum Gasteiger partial charge on any atom is 0.321 e. The number of rotatable bonds is 5. The van der Waals surface area contributed by atoms with Crippen LogP contribution in [0.3, 0.4) is 0 Å². The van der Waals surface area contributed by atoms with Crippen LogP contribution in [0.2, 0.25) is 0 Å². The molecule has 2 rings (SSSR count). The zero-order valence-corrected chi connectivity index (χ0v) is 13.4. The van der Waals surface area contributed by atoms with E-state index >= 15 is 0 Å². The number of carbonyl (C=O) groups is 2. The van der Waals surface area contributed by atoms with Crippen molar-refractivity contribution < 1.29 is 14.0 Å². The second-order valence-electron chi connectivity index (χ2n) is 4.56. The second-order valence-corrected chi connectivity index (χ2v) is 5.86. The molecule has 0 radical (unpaired) electrons. The van der Waals surface area contributed by atoms with Crippen LogP contribution in [-0.2, 0) is 4.79 Å². The van der Waals surface area contributed by atoms with E-state index in [1.54, 1.807) is 32.0 Å². The highest BCUT2D eigenvalue weighted by Crippen LogP contribution is 2.24. The molecule has 7 nitrogen and oxygen atoms in total. The fourth-order valence-corrected chi connectivity index (χ4v) is 2.43. The van der Waals surface area contributed by atoms with Crippen molar-refractivity contribution in [1.29, 1.82) is 0 Å². The molecule has 0 aliphatic carbocycles. The molecule has 0 aliphatic rings. The van der Waals surface area contributed by atoms with Crippen LogP contribution in [0.5, 0.6) is 0 Å². The summed E-state index contributed by atoms with van der Waals surface area (Å²) in [6, 6.07) is 5.63. The minimum absolute atomic E-state index is 0.280. The van der Waals surface area contributed by atoms with E-state index < -0.39 is 23.0 Å². The number of urea groups is 1. The average molecular weight is 337 g/mol. The molecule has 0 saturated carbocycles. The van der Waals surface area contributed by atoms with Crippen molar-refractivity contribution in [3.8, 4) is 11.4 Å². The van der Waals surface area contributed by atoms with Gasteiger partial charge in [0.25, 0.3) is 0 Å². The molecule has 0 aliphatic heterocycles. The lowest BCUT2D eigenvalue weighted by Gasteiger charge is -2.09. The van der Waals surface area contributed by atoms with E-state index in [4.69, 9.17) is 0 Å². The summed E-state index contributed by atoms with van der Waals surface area (Å²) in [7, 11) is 0. The van der Waals surface area contributed by atoms with Gasteiger partial charge in [-0.3, -0.25) is 15.2 Å². The Balaban J connectivity index is 2.00. The molecule has 0 fully saturated rings. The minimum Gasteiger partial charge on any atom is -0.338 e. The molecule has 0 spiro atoms. The van der Waals surface area contributed by atoms with Gasteiger partial charge in [-0.1, -0.05) is 23.9 Å². The molecular weight excluding hydrogens is 321 g/mol. The molecule has 0 saturated heterocycles. The van der Waals surface area contributed by atoms with E-state index in [0.717, 1.165) is 11.8 Å². The van der Waals surface area contributed by atoms with Gasteiger partial charge in [0.05, 0.1) is 10.8 Å². The van der Waals surface area contributed by atoms with Gasteiger partial charge in [-0.05, 0) is 26.0 Å². The first-order valence-electron chi connectivity index (χ1n) is 6.94. The van der Waals surface area contributed by atoms with Crippen LogP contribution in [0, 0.1) is 5.82 Å². The van der Waals surface area contributed by atoms with E-state index in [9.17, 15) is 14.0 Å². The molecule has 9 heteroatoms. The fraction of sp³-hybridized carbons (Fsp3) is 0.286. The third-order valence-corrected chi connectivity index (χ3v) is 3.78. The van der Waals surface area contributed by atoms with Gasteiger partial charge in [-0.15, -0.1) is 5.10 Å². The lowest BCUT2D eigenvalue weighted by atomic mass is 10.2. The van der Waals surface area contributed by atoms with Gasteiger partial charge in [-0.25, -0.2) is 14.2 Å². The van der Waals surface area contributed by atoms with Gasteiger partial charge < -0.3 is 5.32 Å². The summed E-state index contributed by atoms with van der Waals surface area (Å²) in [6.07, 6.45) is 0. The smallest absolute Gasteiger partial charge is 0.321 e. The lowest BCUT2D eigenvalue weighted by Crippen LogP contribution is -2.42. The number of imide groups is 1. The maximum atomic E-state index is 13.7. The van der Waals surface area contributed by atoms with E-state index in [1.807, 2.05) is 0 Å². The number of aromatic nitrogens is 3. The van der Waals surface area contributed by atoms with Crippen LogP contribution in [-0.4, -0.2) is 38.9 Å².